The van der Waals surface area contributed by atoms with E-state index in [4.69, 9.17) is 9.05 Å². The van der Waals surface area contributed by atoms with Crippen molar-refractivity contribution in [2.24, 2.45) is 0 Å². The van der Waals surface area contributed by atoms with Gasteiger partial charge in [0.25, 0.3) is 0 Å². The van der Waals surface area contributed by atoms with Crippen LogP contribution in [0, 0.1) is 0 Å². The molecule has 0 N–H and O–H groups in total. The van der Waals surface area contributed by atoms with Crippen molar-refractivity contribution in [3.63, 3.8) is 0 Å². The molecule has 4 rings (SSSR count). The molecule has 4 nitrogen and oxygen atoms in total. The van der Waals surface area contributed by atoms with Crippen molar-refractivity contribution >= 4 is 7.82 Å². The molecular weight excluding hydrogens is 478 g/mol. The van der Waals surface area contributed by atoms with E-state index < -0.39 is 7.82 Å². The van der Waals surface area contributed by atoms with Gasteiger partial charge in [0.1, 0.15) is 11.5 Å². The van der Waals surface area contributed by atoms with E-state index in [1.807, 2.05) is 24.3 Å². The summed E-state index contributed by atoms with van der Waals surface area (Å²) in [6.45, 7) is 8.65. The second-order valence-electron chi connectivity index (χ2n) is 11.2. The van der Waals surface area contributed by atoms with Gasteiger partial charge in [-0.15, -0.1) is 0 Å². The van der Waals surface area contributed by atoms with Gasteiger partial charge >= 0.3 is 37.4 Å². The molecule has 2 aromatic carbocycles. The van der Waals surface area contributed by atoms with Crippen molar-refractivity contribution in [2.75, 3.05) is 0 Å². The van der Waals surface area contributed by atoms with Crippen molar-refractivity contribution in [2.45, 2.75) is 116 Å². The molecule has 36 heavy (non-hydrogen) atoms. The minimum Gasteiger partial charge on any atom is -0.736 e. The van der Waals surface area contributed by atoms with Crippen LogP contribution in [0.5, 0.6) is 11.5 Å². The monoisotopic (exact) mass is 520 g/mol. The summed E-state index contributed by atoms with van der Waals surface area (Å²) < 4.78 is 24.7. The summed E-state index contributed by atoms with van der Waals surface area (Å²) in [7, 11) is -4.62. The number of phosphoric ester groups is 1. The summed E-state index contributed by atoms with van der Waals surface area (Å²) in [5.41, 5.74) is 4.45. The van der Waals surface area contributed by atoms with Crippen LogP contribution in [0.3, 0.4) is 0 Å². The smallest absolute Gasteiger partial charge is 0.736 e. The van der Waals surface area contributed by atoms with Crippen molar-refractivity contribution in [1.82, 2.24) is 0 Å². The predicted molar refractivity (Wildman–Crippen MR) is 142 cm³/mol. The number of hydrogen-bond donors (Lipinski definition) is 0. The Hall–Kier alpha value is -0.770. The minimum absolute atomic E-state index is 0. The minimum atomic E-state index is -4.62. The number of hydrogen-bond acceptors (Lipinski definition) is 4. The molecule has 192 valence electrons. The van der Waals surface area contributed by atoms with Gasteiger partial charge in [-0.2, -0.15) is 0 Å². The zero-order valence-electron chi connectivity index (χ0n) is 22.9. The second-order valence-corrected chi connectivity index (χ2v) is 12.5. The maximum Gasteiger partial charge on any atom is 1.00 e. The Bertz CT molecular complexity index is 960. The van der Waals surface area contributed by atoms with Gasteiger partial charge in [-0.25, -0.2) is 4.57 Å². The van der Waals surface area contributed by atoms with E-state index in [1.165, 1.54) is 49.7 Å². The SMILES string of the molecule is CC(C)c1ccc(OP(=O)([O-])Oc2ccc(C(C)C)cc2C2CCCCC2)c(C2CCCCC2)c1.[Na+]. The van der Waals surface area contributed by atoms with Crippen molar-refractivity contribution in [3.8, 4) is 11.5 Å². The van der Waals surface area contributed by atoms with Gasteiger partial charge in [-0.05, 0) is 83.7 Å². The average molecular weight is 521 g/mol. The molecular formula is C30H42NaO4P. The summed E-state index contributed by atoms with van der Waals surface area (Å²) in [4.78, 5) is 13.3. The van der Waals surface area contributed by atoms with Crippen LogP contribution in [0.25, 0.3) is 0 Å². The Balaban J connectivity index is 0.00000361. The fraction of sp³-hybridized carbons (Fsp3) is 0.600. The topological polar surface area (TPSA) is 58.6 Å². The fourth-order valence-corrected chi connectivity index (χ4v) is 6.59. The van der Waals surface area contributed by atoms with Crippen LogP contribution < -0.4 is 43.5 Å². The third-order valence-electron chi connectivity index (χ3n) is 7.91. The Labute approximate surface area is 240 Å². The summed E-state index contributed by atoms with van der Waals surface area (Å²) in [5.74, 6) is 2.27. The molecule has 2 aliphatic carbocycles. The molecule has 2 fully saturated rings. The van der Waals surface area contributed by atoms with Crippen LogP contribution in [0.1, 0.15) is 138 Å². The van der Waals surface area contributed by atoms with Crippen molar-refractivity contribution < 1.29 is 48.1 Å². The molecule has 2 aliphatic rings. The molecule has 0 unspecified atom stereocenters. The first kappa shape index (κ1) is 29.8. The van der Waals surface area contributed by atoms with E-state index in [1.54, 1.807) is 0 Å². The summed E-state index contributed by atoms with van der Waals surface area (Å²) in [6.07, 6.45) is 11.5. The molecule has 2 saturated carbocycles. The summed E-state index contributed by atoms with van der Waals surface area (Å²) >= 11 is 0. The summed E-state index contributed by atoms with van der Waals surface area (Å²) in [6, 6.07) is 11.9. The quantitative estimate of drug-likeness (QED) is 0.318. The Morgan fingerprint density at radius 2 is 1.06 bits per heavy atom. The van der Waals surface area contributed by atoms with E-state index in [0.717, 1.165) is 36.8 Å². The third-order valence-corrected chi connectivity index (χ3v) is 8.75. The standard InChI is InChI=1S/C30H43O4P.Na/c1-21(2)25-15-17-29(27(19-25)23-11-7-5-8-12-23)33-35(31,32)34-30-18-16-26(22(3)4)20-28(30)24-13-9-6-10-14-24;/h15-24H,5-14H2,1-4H3,(H,31,32);/q;+1/p-1. The molecule has 0 saturated heterocycles. The van der Waals surface area contributed by atoms with Crippen LogP contribution in [0.15, 0.2) is 36.4 Å². The van der Waals surface area contributed by atoms with Crippen molar-refractivity contribution in [1.29, 1.82) is 0 Å². The Morgan fingerprint density at radius 1 is 0.694 bits per heavy atom. The van der Waals surface area contributed by atoms with E-state index in [2.05, 4.69) is 39.8 Å². The van der Waals surface area contributed by atoms with Gasteiger partial charge in [-0.3, -0.25) is 0 Å². The largest absolute Gasteiger partial charge is 1.00 e. The van der Waals surface area contributed by atoms with Gasteiger partial charge in [0.05, 0.1) is 0 Å². The van der Waals surface area contributed by atoms with Gasteiger partial charge < -0.3 is 13.9 Å². The zero-order chi connectivity index (χ0) is 25.0. The van der Waals surface area contributed by atoms with Crippen LogP contribution in [-0.4, -0.2) is 0 Å². The molecule has 0 spiro atoms. The Kier molecular flexibility index (Phi) is 11.0. The van der Waals surface area contributed by atoms with Crippen LogP contribution >= 0.6 is 7.82 Å². The van der Waals surface area contributed by atoms with Crippen molar-refractivity contribution in [3.05, 3.63) is 58.7 Å². The normalized spacial score (nSPS) is 17.8. The second kappa shape index (κ2) is 13.3. The third kappa shape index (κ3) is 7.64. The first-order chi connectivity index (χ1) is 16.7. The molecule has 0 amide bonds. The van der Waals surface area contributed by atoms with Gasteiger partial charge in [-0.1, -0.05) is 90.5 Å². The van der Waals surface area contributed by atoms with Crippen LogP contribution in [-0.2, 0) is 4.57 Å². The molecule has 0 atom stereocenters. The zero-order valence-corrected chi connectivity index (χ0v) is 25.8. The number of benzene rings is 2. The molecule has 2 aromatic rings. The van der Waals surface area contributed by atoms with Crippen LogP contribution in [0.4, 0.5) is 0 Å². The maximum absolute atomic E-state index is 13.3. The van der Waals surface area contributed by atoms with Gasteiger partial charge in [0, 0.05) is 0 Å². The first-order valence-corrected chi connectivity index (χ1v) is 15.2. The average Bonchev–Trinajstić information content (AvgIpc) is 2.85. The maximum atomic E-state index is 13.3. The van der Waals surface area contributed by atoms with E-state index in [9.17, 15) is 9.46 Å². The Morgan fingerprint density at radius 3 is 1.39 bits per heavy atom. The number of phosphoric acid groups is 1. The molecule has 0 aliphatic heterocycles. The van der Waals surface area contributed by atoms with Gasteiger partial charge in [0.2, 0.25) is 0 Å². The molecule has 0 bridgehead atoms. The fourth-order valence-electron chi connectivity index (χ4n) is 5.74. The summed E-state index contributed by atoms with van der Waals surface area (Å²) in [5, 5.41) is 0. The molecule has 6 heteroatoms. The molecule has 0 aromatic heterocycles. The van der Waals surface area contributed by atoms with E-state index in [-0.39, 0.29) is 29.6 Å². The number of rotatable bonds is 8. The van der Waals surface area contributed by atoms with E-state index in [0.29, 0.717) is 35.2 Å². The predicted octanol–water partition coefficient (Wildman–Crippen LogP) is 5.96. The van der Waals surface area contributed by atoms with E-state index >= 15 is 0 Å². The molecule has 0 radical (unpaired) electrons. The first-order valence-electron chi connectivity index (χ1n) is 13.7. The molecule has 0 heterocycles. The van der Waals surface area contributed by atoms with Gasteiger partial charge in [0.15, 0.2) is 0 Å². The van der Waals surface area contributed by atoms with Crippen LogP contribution in [0.2, 0.25) is 0 Å².